The van der Waals surface area contributed by atoms with Gasteiger partial charge in [-0.1, -0.05) is 218 Å². The molecule has 0 saturated carbocycles. The Hall–Kier alpha value is 0.00338. The van der Waals surface area contributed by atoms with Crippen molar-refractivity contribution in [1.29, 1.82) is 0 Å². The minimum atomic E-state index is -0.750. The molecule has 0 spiro atoms. The molecule has 0 aromatic rings. The molecule has 0 aliphatic rings. The van der Waals surface area contributed by atoms with Crippen LogP contribution in [0.25, 0.3) is 0 Å². The van der Waals surface area contributed by atoms with Crippen LogP contribution in [0.4, 0.5) is 0 Å². The van der Waals surface area contributed by atoms with Crippen molar-refractivity contribution in [2.24, 2.45) is 5.73 Å². The van der Waals surface area contributed by atoms with Crippen molar-refractivity contribution < 1.29 is 29.7 Å². The molecule has 7 heteroatoms. The van der Waals surface area contributed by atoms with Crippen molar-refractivity contribution in [3.05, 3.63) is 0 Å². The van der Waals surface area contributed by atoms with E-state index >= 15 is 0 Å². The number of nitrogens with two attached hydrogens (primary N) is 1. The Morgan fingerprint density at radius 2 is 0.581 bits per heavy atom. The minimum Gasteiger partial charge on any atom is -0.852 e. The van der Waals surface area contributed by atoms with Crippen molar-refractivity contribution in [3.8, 4) is 0 Å². The van der Waals surface area contributed by atoms with Gasteiger partial charge in [-0.25, -0.2) is 0 Å². The average Bonchev–Trinajstić information content (AvgIpc) is 2.95. The van der Waals surface area contributed by atoms with Gasteiger partial charge in [0.15, 0.2) is 0 Å². The van der Waals surface area contributed by atoms with Crippen molar-refractivity contribution in [2.75, 3.05) is 13.1 Å². The maximum atomic E-state index is 11.8. The van der Waals surface area contributed by atoms with Crippen molar-refractivity contribution in [1.82, 2.24) is 4.90 Å². The molecule has 0 aliphatic carbocycles. The molecule has 0 atom stereocenters. The van der Waals surface area contributed by atoms with Gasteiger partial charge in [0.05, 0.1) is 0 Å². The van der Waals surface area contributed by atoms with Gasteiger partial charge < -0.3 is 20.8 Å². The van der Waals surface area contributed by atoms with E-state index in [0.29, 0.717) is 0 Å². The molecule has 0 aromatic heterocycles. The smallest absolute Gasteiger partial charge is 0.852 e. The summed E-state index contributed by atoms with van der Waals surface area (Å²) in [6, 6.07) is 0. The Balaban J connectivity index is -0.00000299. The van der Waals surface area contributed by atoms with E-state index in [2.05, 4.69) is 31.8 Å². The topological polar surface area (TPSA) is 75.4 Å². The number of hydrogen-bond acceptors (Lipinski definition) is 4. The monoisotopic (exact) mass is 692 g/mol. The molecule has 43 heavy (non-hydrogen) atoms. The van der Waals surface area contributed by atoms with Crippen LogP contribution < -0.4 is 15.9 Å². The molecule has 0 fully saturated rings. The number of unbranched alkanes of at least 4 members (excludes halogenated alkanes) is 28. The molecule has 0 aliphatic heterocycles. The Bertz CT molecular complexity index is 517. The number of thiocarbonyl (C=S) groups is 2. The van der Waals surface area contributed by atoms with Gasteiger partial charge in [0.25, 0.3) is 0 Å². The van der Waals surface area contributed by atoms with E-state index in [-0.39, 0.29) is 24.7 Å². The second-order valence-electron chi connectivity index (χ2n) is 12.5. The first-order valence-corrected chi connectivity index (χ1v) is 19.2. The summed E-state index contributed by atoms with van der Waals surface area (Å²) in [6.45, 7) is 6.33. The zero-order chi connectivity index (χ0) is 31.4. The summed E-state index contributed by atoms with van der Waals surface area (Å²) in [5, 5.41) is 20.0. The second kappa shape index (κ2) is 42.0. The molecule has 4 nitrogen and oxygen atoms in total. The van der Waals surface area contributed by atoms with E-state index in [1.165, 1.54) is 180 Å². The summed E-state index contributed by atoms with van der Waals surface area (Å²) in [7, 11) is 0. The Labute approximate surface area is 293 Å². The van der Waals surface area contributed by atoms with Crippen LogP contribution in [0.3, 0.4) is 0 Å². The minimum absolute atomic E-state index is 0. The molecule has 0 bridgehead atoms. The predicted octanol–water partition coefficient (Wildman–Crippen LogP) is 10.3. The molecule has 0 aromatic carbocycles. The van der Waals surface area contributed by atoms with Gasteiger partial charge in [-0.3, -0.25) is 0 Å². The third-order valence-corrected chi connectivity index (χ3v) is 8.58. The summed E-state index contributed by atoms with van der Waals surface area (Å²) >= 11 is 8.76. The molecule has 2 N–H and O–H groups in total. The molecule has 252 valence electrons. The van der Waals surface area contributed by atoms with Gasteiger partial charge in [0, 0.05) is 23.4 Å². The maximum Gasteiger partial charge on any atom is 2.00 e. The van der Waals surface area contributed by atoms with Crippen LogP contribution in [0.1, 0.15) is 206 Å². The molecule has 0 rings (SSSR count). The number of rotatable bonds is 32. The standard InChI is InChI=1S/C35H71NOS.CH3NOS.Zn/c1-3-5-7-9-11-13-15-17-19-21-23-25-27-29-31-33-36(35(37)38)34-32-30-28-26-24-22-20-18-16-14-12-10-8-6-4-2;2-1(3)4;/h3-34H2,1-2H3,(H,37,38);(H3,2,3,4);/q;;+2/p-2. The van der Waals surface area contributed by atoms with Crippen LogP contribution in [-0.4, -0.2) is 28.3 Å². The van der Waals surface area contributed by atoms with Gasteiger partial charge in [0.2, 0.25) is 0 Å². The van der Waals surface area contributed by atoms with Gasteiger partial charge in [-0.2, -0.15) is 0 Å². The first-order valence-electron chi connectivity index (χ1n) is 18.4. The summed E-state index contributed by atoms with van der Waals surface area (Å²) in [4.78, 5) is 1.93. The fourth-order valence-electron chi connectivity index (χ4n) is 5.64. The quantitative estimate of drug-likeness (QED) is 0.0429. The number of nitrogens with zero attached hydrogens (tertiary/aromatic N) is 1. The van der Waals surface area contributed by atoms with Gasteiger partial charge in [-0.05, 0) is 12.8 Å². The zero-order valence-corrected chi connectivity index (χ0v) is 33.6. The van der Waals surface area contributed by atoms with Crippen LogP contribution in [0.15, 0.2) is 0 Å². The molecular weight excluding hydrogens is 622 g/mol. The van der Waals surface area contributed by atoms with E-state index in [1.807, 2.05) is 4.90 Å². The fourth-order valence-corrected chi connectivity index (χ4v) is 5.82. The molecule has 0 saturated heterocycles. The zero-order valence-electron chi connectivity index (χ0n) is 29.0. The second-order valence-corrected chi connectivity index (χ2v) is 13.2. The summed E-state index contributed by atoms with van der Waals surface area (Å²) in [5.41, 5.74) is 4.29. The van der Waals surface area contributed by atoms with E-state index in [9.17, 15) is 5.11 Å². The van der Waals surface area contributed by atoms with Gasteiger partial charge >= 0.3 is 19.5 Å². The maximum absolute atomic E-state index is 11.8. The van der Waals surface area contributed by atoms with Crippen molar-refractivity contribution >= 4 is 34.8 Å². The molecule has 0 amide bonds. The summed E-state index contributed by atoms with van der Waals surface area (Å²) in [6.07, 6.45) is 41.4. The van der Waals surface area contributed by atoms with Crippen LogP contribution in [0.2, 0.25) is 0 Å². The third kappa shape index (κ3) is 46.5. The predicted molar refractivity (Wildman–Crippen MR) is 191 cm³/mol. The number of hydrogen-bond donors (Lipinski definition) is 1. The fraction of sp³-hybridized carbons (Fsp3) is 0.944. The average molecular weight is 695 g/mol. The Morgan fingerprint density at radius 3 is 0.744 bits per heavy atom. The molecule has 0 unspecified atom stereocenters. The Morgan fingerprint density at radius 1 is 0.419 bits per heavy atom. The van der Waals surface area contributed by atoms with Crippen molar-refractivity contribution in [3.63, 3.8) is 0 Å². The summed E-state index contributed by atoms with van der Waals surface area (Å²) in [5.74, 6) is 0. The first-order chi connectivity index (χ1) is 20.5. The molecule has 0 radical (unpaired) electrons. The first kappa shape index (κ1) is 47.4. The third-order valence-electron chi connectivity index (χ3n) is 8.32. The normalized spacial score (nSPS) is 10.6. The van der Waals surface area contributed by atoms with E-state index in [1.54, 1.807) is 0 Å². The Kier molecular flexibility index (Phi) is 46.3. The van der Waals surface area contributed by atoms with Crippen LogP contribution in [0.5, 0.6) is 0 Å². The van der Waals surface area contributed by atoms with Gasteiger partial charge in [-0.15, -0.1) is 0 Å². The molecular formula is C36H72N2O2S2Zn. The van der Waals surface area contributed by atoms with Crippen LogP contribution in [-0.2, 0) is 19.5 Å². The van der Waals surface area contributed by atoms with E-state index in [4.69, 9.17) is 17.3 Å². The largest absolute Gasteiger partial charge is 2.00 e. The van der Waals surface area contributed by atoms with Crippen LogP contribution >= 0.6 is 24.4 Å². The SMILES string of the molecule is CCCCCCCCCCCCCCCCCN(CCCCCCCCCCCCCCCCC)C([O-])=S.NC([O-])=S.[Zn+2]. The van der Waals surface area contributed by atoms with E-state index < -0.39 is 5.17 Å². The molecule has 0 heterocycles. The summed E-state index contributed by atoms with van der Waals surface area (Å²) < 4.78 is 0. The van der Waals surface area contributed by atoms with E-state index in [0.717, 1.165) is 25.9 Å². The van der Waals surface area contributed by atoms with Crippen LogP contribution in [0, 0.1) is 0 Å². The van der Waals surface area contributed by atoms with Crippen molar-refractivity contribution in [2.45, 2.75) is 206 Å². The van der Waals surface area contributed by atoms with Gasteiger partial charge in [0.1, 0.15) is 0 Å².